The van der Waals surface area contributed by atoms with Crippen molar-refractivity contribution in [3.8, 4) is 16.9 Å². The fourth-order valence-corrected chi connectivity index (χ4v) is 6.87. The molecule has 0 aliphatic carbocycles. The van der Waals surface area contributed by atoms with E-state index in [0.717, 1.165) is 31.1 Å². The van der Waals surface area contributed by atoms with E-state index in [1.165, 1.54) is 0 Å². The Morgan fingerprint density at radius 1 is 1.15 bits per heavy atom. The third kappa shape index (κ3) is 2.83. The van der Waals surface area contributed by atoms with Crippen LogP contribution in [0.25, 0.3) is 11.1 Å². The van der Waals surface area contributed by atoms with Crippen LogP contribution in [-0.2, 0) is 5.54 Å². The highest BCUT2D eigenvalue weighted by Crippen LogP contribution is 2.52. The lowest BCUT2D eigenvalue weighted by Gasteiger charge is -2.43. The van der Waals surface area contributed by atoms with Gasteiger partial charge < -0.3 is 4.74 Å². The second-order valence-corrected chi connectivity index (χ2v) is 9.93. The molecule has 3 nitrogen and oxygen atoms in total. The lowest BCUT2D eigenvalue weighted by molar-refractivity contribution is 0.0961. The molecule has 1 aliphatic rings. The number of fused-ring (bicyclic) bond motifs is 3. The van der Waals surface area contributed by atoms with Crippen LogP contribution in [0, 0.1) is 10.7 Å². The fourth-order valence-electron chi connectivity index (χ4n) is 3.58. The Morgan fingerprint density at radius 2 is 1.93 bits per heavy atom. The number of methoxy groups -OCH3 is 1. The summed E-state index contributed by atoms with van der Waals surface area (Å²) >= 11 is 5.62. The van der Waals surface area contributed by atoms with Crippen LogP contribution in [0.1, 0.15) is 34.6 Å². The van der Waals surface area contributed by atoms with Gasteiger partial charge in [-0.2, -0.15) is 0 Å². The van der Waals surface area contributed by atoms with Gasteiger partial charge in [0.2, 0.25) is 0 Å². The first-order chi connectivity index (χ1) is 12.8. The number of amides is 1. The Morgan fingerprint density at radius 3 is 2.67 bits per heavy atom. The van der Waals surface area contributed by atoms with E-state index >= 15 is 0 Å². The highest BCUT2D eigenvalue weighted by atomic mass is 32.9. The van der Waals surface area contributed by atoms with Crippen molar-refractivity contribution in [3.63, 3.8) is 0 Å². The zero-order valence-electron chi connectivity index (χ0n) is 15.5. The molecule has 0 unspecified atom stereocenters. The van der Waals surface area contributed by atoms with Crippen molar-refractivity contribution in [1.29, 1.82) is 0 Å². The first-order valence-electron chi connectivity index (χ1n) is 8.58. The molecule has 6 heteroatoms. The zero-order chi connectivity index (χ0) is 19.3. The standard InChI is InChI=1S/C21H19NO2S3/c1-12-8-9-15-16(10-12)22(19(23)13-6-5-7-14(11-13)24-4)21(2,3)18-17(15)20(25)27-26-18/h5-11H,1-4H3. The minimum absolute atomic E-state index is 0.0410. The summed E-state index contributed by atoms with van der Waals surface area (Å²) in [7, 11) is 4.88. The monoisotopic (exact) mass is 413 g/mol. The molecule has 1 amide bonds. The Bertz CT molecular complexity index is 1110. The molecule has 0 radical (unpaired) electrons. The predicted octanol–water partition coefficient (Wildman–Crippen LogP) is 6.42. The topological polar surface area (TPSA) is 29.5 Å². The Hall–Kier alpha value is -2.02. The lowest BCUT2D eigenvalue weighted by Crippen LogP contribution is -2.47. The number of hydrogen-bond acceptors (Lipinski definition) is 5. The van der Waals surface area contributed by atoms with Gasteiger partial charge in [-0.25, -0.2) is 0 Å². The fraction of sp³-hybridized carbons (Fsp3) is 0.238. The third-order valence-electron chi connectivity index (χ3n) is 4.93. The van der Waals surface area contributed by atoms with Crippen LogP contribution >= 0.6 is 32.9 Å². The van der Waals surface area contributed by atoms with E-state index < -0.39 is 5.54 Å². The average molecular weight is 414 g/mol. The van der Waals surface area contributed by atoms with Gasteiger partial charge in [0.05, 0.1) is 23.2 Å². The number of aryl methyl sites for hydroxylation is 1. The maximum Gasteiger partial charge on any atom is 0.259 e. The molecular weight excluding hydrogens is 394 g/mol. The van der Waals surface area contributed by atoms with Crippen molar-refractivity contribution in [3.05, 3.63) is 62.3 Å². The Balaban J connectivity index is 1.96. The summed E-state index contributed by atoms with van der Waals surface area (Å²) in [5, 5.41) is 0. The minimum atomic E-state index is -0.492. The summed E-state index contributed by atoms with van der Waals surface area (Å²) in [5.41, 5.74) is 4.29. The molecule has 138 valence electrons. The number of nitrogens with zero attached hydrogens (tertiary/aromatic N) is 1. The summed E-state index contributed by atoms with van der Waals surface area (Å²) < 4.78 is 6.20. The number of hydrogen-bond donors (Lipinski definition) is 0. The van der Waals surface area contributed by atoms with E-state index in [1.54, 1.807) is 33.9 Å². The number of rotatable bonds is 2. The molecule has 1 aliphatic heterocycles. The second kappa shape index (κ2) is 6.55. The van der Waals surface area contributed by atoms with Gasteiger partial charge >= 0.3 is 0 Å². The largest absolute Gasteiger partial charge is 0.497 e. The van der Waals surface area contributed by atoms with Crippen molar-refractivity contribution >= 4 is 44.5 Å². The zero-order valence-corrected chi connectivity index (χ0v) is 18.0. The third-order valence-corrected chi connectivity index (χ3v) is 8.26. The molecule has 0 fully saturated rings. The Kier molecular flexibility index (Phi) is 4.45. The van der Waals surface area contributed by atoms with Gasteiger partial charge in [0.1, 0.15) is 9.57 Å². The van der Waals surface area contributed by atoms with Crippen LogP contribution in [0.15, 0.2) is 42.5 Å². The van der Waals surface area contributed by atoms with Crippen LogP contribution in [0.3, 0.4) is 0 Å². The van der Waals surface area contributed by atoms with Crippen LogP contribution in [0.5, 0.6) is 5.75 Å². The number of benzene rings is 2. The van der Waals surface area contributed by atoms with E-state index in [1.807, 2.05) is 30.0 Å². The van der Waals surface area contributed by atoms with E-state index in [0.29, 0.717) is 11.3 Å². The van der Waals surface area contributed by atoms with Gasteiger partial charge in [0, 0.05) is 16.7 Å². The van der Waals surface area contributed by atoms with Gasteiger partial charge in [-0.1, -0.05) is 51.1 Å². The van der Waals surface area contributed by atoms with Crippen LogP contribution in [0.4, 0.5) is 5.69 Å². The van der Waals surface area contributed by atoms with Gasteiger partial charge in [-0.3, -0.25) is 9.69 Å². The summed E-state index contributed by atoms with van der Waals surface area (Å²) in [5.74, 6) is 0.632. The van der Waals surface area contributed by atoms with Gasteiger partial charge in [-0.15, -0.1) is 0 Å². The molecule has 0 bridgehead atoms. The van der Waals surface area contributed by atoms with Crippen LogP contribution in [-0.4, -0.2) is 13.0 Å². The molecule has 2 heterocycles. The SMILES string of the molecule is COc1cccc(C(=O)N2c3cc(C)ccc3-c3c(ssc3=S)C2(C)C)c1. The quantitative estimate of drug-likeness (QED) is 0.359. The van der Waals surface area contributed by atoms with E-state index in [2.05, 4.69) is 32.0 Å². The van der Waals surface area contributed by atoms with Crippen LogP contribution < -0.4 is 9.64 Å². The minimum Gasteiger partial charge on any atom is -0.497 e. The maximum absolute atomic E-state index is 13.6. The summed E-state index contributed by atoms with van der Waals surface area (Å²) in [4.78, 5) is 16.7. The number of anilines is 1. The molecule has 3 aromatic rings. The highest BCUT2D eigenvalue weighted by Gasteiger charge is 2.43. The van der Waals surface area contributed by atoms with Crippen molar-refractivity contribution in [1.82, 2.24) is 0 Å². The van der Waals surface area contributed by atoms with Gasteiger partial charge in [0.25, 0.3) is 5.91 Å². The first-order valence-corrected chi connectivity index (χ1v) is 11.1. The number of carbonyl (C=O) groups excluding carboxylic acids is 1. The molecule has 0 saturated heterocycles. The molecule has 4 rings (SSSR count). The van der Waals surface area contributed by atoms with E-state index in [9.17, 15) is 4.79 Å². The molecule has 0 saturated carbocycles. The number of carbonyl (C=O) groups is 1. The predicted molar refractivity (Wildman–Crippen MR) is 116 cm³/mol. The highest BCUT2D eigenvalue weighted by molar-refractivity contribution is 7.80. The van der Waals surface area contributed by atoms with Gasteiger partial charge in [-0.05, 0) is 50.6 Å². The molecule has 0 N–H and O–H groups in total. The maximum atomic E-state index is 13.6. The molecule has 1 aromatic heterocycles. The lowest BCUT2D eigenvalue weighted by atomic mass is 9.86. The van der Waals surface area contributed by atoms with Crippen molar-refractivity contribution < 1.29 is 9.53 Å². The van der Waals surface area contributed by atoms with Crippen LogP contribution in [0.2, 0.25) is 0 Å². The van der Waals surface area contributed by atoms with Crippen molar-refractivity contribution in [2.45, 2.75) is 26.3 Å². The van der Waals surface area contributed by atoms with Crippen molar-refractivity contribution in [2.24, 2.45) is 0 Å². The number of ether oxygens (including phenoxy) is 1. The Labute approximate surface area is 171 Å². The van der Waals surface area contributed by atoms with E-state index in [4.69, 9.17) is 17.0 Å². The second-order valence-electron chi connectivity index (χ2n) is 7.11. The van der Waals surface area contributed by atoms with Crippen molar-refractivity contribution in [2.75, 3.05) is 12.0 Å². The molecule has 0 spiro atoms. The van der Waals surface area contributed by atoms with E-state index in [-0.39, 0.29) is 5.91 Å². The summed E-state index contributed by atoms with van der Waals surface area (Å²) in [6.07, 6.45) is 0. The average Bonchev–Trinajstić information content (AvgIpc) is 3.04. The molecule has 2 aromatic carbocycles. The first kappa shape index (κ1) is 18.3. The normalized spacial score (nSPS) is 14.4. The molecule has 27 heavy (non-hydrogen) atoms. The summed E-state index contributed by atoms with van der Waals surface area (Å²) in [6, 6.07) is 13.6. The smallest absolute Gasteiger partial charge is 0.259 e. The molecular formula is C21H19NO2S3. The molecule has 0 atom stereocenters. The van der Waals surface area contributed by atoms with Gasteiger partial charge in [0.15, 0.2) is 0 Å². The summed E-state index contributed by atoms with van der Waals surface area (Å²) in [6.45, 7) is 6.22.